The highest BCUT2D eigenvalue weighted by molar-refractivity contribution is 7.22. The summed E-state index contributed by atoms with van der Waals surface area (Å²) in [6.07, 6.45) is 4.34. The van der Waals surface area contributed by atoms with Gasteiger partial charge in [0.1, 0.15) is 11.4 Å². The lowest BCUT2D eigenvalue weighted by molar-refractivity contribution is 0.447. The SMILES string of the molecule is CCc1ccc(-c2cc3nccc(Oc4ccc(N=O)cc4F)c3s2)cn1. The van der Waals surface area contributed by atoms with Crippen molar-refractivity contribution in [3.8, 4) is 21.9 Å². The molecule has 0 fully saturated rings. The Morgan fingerprint density at radius 3 is 2.70 bits per heavy atom. The molecule has 3 heterocycles. The summed E-state index contributed by atoms with van der Waals surface area (Å²) in [5.74, 6) is -0.118. The molecule has 0 aliphatic carbocycles. The fraction of sp³-hybridized carbons (Fsp3) is 0.100. The lowest BCUT2D eigenvalue weighted by Gasteiger charge is -2.07. The summed E-state index contributed by atoms with van der Waals surface area (Å²) in [5, 5.41) is 2.72. The minimum absolute atomic E-state index is 0.0150. The summed E-state index contributed by atoms with van der Waals surface area (Å²) in [7, 11) is 0. The Kier molecular flexibility index (Phi) is 4.60. The molecule has 0 spiro atoms. The molecule has 0 unspecified atom stereocenters. The Labute approximate surface area is 158 Å². The fourth-order valence-corrected chi connectivity index (χ4v) is 3.72. The van der Waals surface area contributed by atoms with E-state index in [1.165, 1.54) is 23.5 Å². The van der Waals surface area contributed by atoms with Gasteiger partial charge in [-0.25, -0.2) is 4.39 Å². The number of rotatable bonds is 5. The number of hydrogen-bond acceptors (Lipinski definition) is 6. The van der Waals surface area contributed by atoms with Crippen LogP contribution in [0.5, 0.6) is 11.5 Å². The monoisotopic (exact) mass is 379 g/mol. The molecule has 5 nitrogen and oxygen atoms in total. The highest BCUT2D eigenvalue weighted by Crippen LogP contribution is 2.39. The number of pyridine rings is 2. The van der Waals surface area contributed by atoms with Crippen molar-refractivity contribution in [1.29, 1.82) is 0 Å². The van der Waals surface area contributed by atoms with E-state index < -0.39 is 5.82 Å². The summed E-state index contributed by atoms with van der Waals surface area (Å²) in [4.78, 5) is 20.3. The maximum atomic E-state index is 14.1. The largest absolute Gasteiger partial charge is 0.453 e. The van der Waals surface area contributed by atoms with Crippen LogP contribution in [0.4, 0.5) is 10.1 Å². The minimum Gasteiger partial charge on any atom is -0.453 e. The van der Waals surface area contributed by atoms with Crippen LogP contribution in [0, 0.1) is 10.7 Å². The number of benzene rings is 1. The van der Waals surface area contributed by atoms with Crippen LogP contribution in [0.15, 0.2) is 60.0 Å². The quantitative estimate of drug-likeness (QED) is 0.384. The Hall–Kier alpha value is -3.19. The van der Waals surface area contributed by atoms with Gasteiger partial charge in [-0.1, -0.05) is 13.0 Å². The van der Waals surface area contributed by atoms with Crippen molar-refractivity contribution in [3.63, 3.8) is 0 Å². The van der Waals surface area contributed by atoms with E-state index in [1.54, 1.807) is 12.3 Å². The third-order valence-electron chi connectivity index (χ3n) is 4.09. The van der Waals surface area contributed by atoms with Gasteiger partial charge in [-0.3, -0.25) is 9.97 Å². The van der Waals surface area contributed by atoms with Crippen LogP contribution in [0.25, 0.3) is 20.7 Å². The lowest BCUT2D eigenvalue weighted by atomic mass is 10.2. The zero-order valence-electron chi connectivity index (χ0n) is 14.3. The Bertz CT molecular complexity index is 1130. The number of fused-ring (bicyclic) bond motifs is 1. The predicted molar refractivity (Wildman–Crippen MR) is 104 cm³/mol. The zero-order chi connectivity index (χ0) is 18.8. The third kappa shape index (κ3) is 3.41. The van der Waals surface area contributed by atoms with E-state index in [-0.39, 0.29) is 11.4 Å². The second-order valence-electron chi connectivity index (χ2n) is 5.83. The van der Waals surface area contributed by atoms with Gasteiger partial charge in [0.05, 0.1) is 10.2 Å². The summed E-state index contributed by atoms with van der Waals surface area (Å²) in [5.41, 5.74) is 2.80. The number of aromatic nitrogens is 2. The van der Waals surface area contributed by atoms with E-state index in [2.05, 4.69) is 22.1 Å². The van der Waals surface area contributed by atoms with Crippen molar-refractivity contribution in [1.82, 2.24) is 9.97 Å². The van der Waals surface area contributed by atoms with Crippen molar-refractivity contribution in [2.24, 2.45) is 5.18 Å². The number of aryl methyl sites for hydroxylation is 1. The number of hydrogen-bond donors (Lipinski definition) is 0. The highest BCUT2D eigenvalue weighted by atomic mass is 32.1. The zero-order valence-corrected chi connectivity index (χ0v) is 15.2. The number of halogens is 1. The first-order chi connectivity index (χ1) is 13.2. The van der Waals surface area contributed by atoms with E-state index in [0.717, 1.165) is 38.8 Å². The first-order valence-corrected chi connectivity index (χ1v) is 9.14. The minimum atomic E-state index is -0.645. The Morgan fingerprint density at radius 1 is 1.11 bits per heavy atom. The molecular formula is C20H14FN3O2S. The predicted octanol–water partition coefficient (Wildman–Crippen LogP) is 6.25. The average Bonchev–Trinajstić information content (AvgIpc) is 3.15. The smallest absolute Gasteiger partial charge is 0.167 e. The number of nitroso groups, excluding NO2 is 1. The van der Waals surface area contributed by atoms with Crippen LogP contribution >= 0.6 is 11.3 Å². The van der Waals surface area contributed by atoms with Gasteiger partial charge in [-0.15, -0.1) is 16.2 Å². The van der Waals surface area contributed by atoms with Crippen molar-refractivity contribution >= 4 is 27.2 Å². The van der Waals surface area contributed by atoms with Gasteiger partial charge in [0.25, 0.3) is 0 Å². The van der Waals surface area contributed by atoms with Crippen LogP contribution in [0.2, 0.25) is 0 Å². The molecule has 27 heavy (non-hydrogen) atoms. The molecule has 0 radical (unpaired) electrons. The first-order valence-electron chi connectivity index (χ1n) is 8.32. The molecule has 0 saturated carbocycles. The molecule has 0 bridgehead atoms. The van der Waals surface area contributed by atoms with E-state index >= 15 is 0 Å². The van der Waals surface area contributed by atoms with Gasteiger partial charge in [-0.2, -0.15) is 0 Å². The lowest BCUT2D eigenvalue weighted by Crippen LogP contribution is -1.88. The van der Waals surface area contributed by atoms with Gasteiger partial charge in [0.2, 0.25) is 0 Å². The third-order valence-corrected chi connectivity index (χ3v) is 5.28. The summed E-state index contributed by atoms with van der Waals surface area (Å²) in [6.45, 7) is 2.06. The molecule has 0 aliphatic rings. The highest BCUT2D eigenvalue weighted by Gasteiger charge is 2.13. The first kappa shape index (κ1) is 17.2. The standard InChI is InChI=1S/C20H14FN3O2S/c1-2-13-4-3-12(11-23-13)19-10-16-20(27-19)18(7-8-22-16)26-17-6-5-14(24-25)9-15(17)21/h3-11H,2H2,1H3. The van der Waals surface area contributed by atoms with Crippen LogP contribution in [0.3, 0.4) is 0 Å². The maximum absolute atomic E-state index is 14.1. The molecule has 1 aromatic carbocycles. The Balaban J connectivity index is 1.71. The molecule has 0 aliphatic heterocycles. The fourth-order valence-electron chi connectivity index (χ4n) is 2.66. The van der Waals surface area contributed by atoms with Crippen LogP contribution < -0.4 is 4.74 Å². The van der Waals surface area contributed by atoms with Crippen molar-refractivity contribution in [3.05, 3.63) is 71.3 Å². The van der Waals surface area contributed by atoms with E-state index in [4.69, 9.17) is 4.74 Å². The summed E-state index contributed by atoms with van der Waals surface area (Å²) < 4.78 is 20.7. The molecule has 134 valence electrons. The molecule has 0 N–H and O–H groups in total. The maximum Gasteiger partial charge on any atom is 0.167 e. The van der Waals surface area contributed by atoms with E-state index in [1.807, 2.05) is 24.4 Å². The van der Waals surface area contributed by atoms with Crippen molar-refractivity contribution in [2.75, 3.05) is 0 Å². The second-order valence-corrected chi connectivity index (χ2v) is 6.89. The molecule has 4 aromatic rings. The van der Waals surface area contributed by atoms with Gasteiger partial charge in [-0.05, 0) is 35.9 Å². The molecule has 0 saturated heterocycles. The van der Waals surface area contributed by atoms with E-state index in [0.29, 0.717) is 5.75 Å². The van der Waals surface area contributed by atoms with Gasteiger partial charge in [0, 0.05) is 40.7 Å². The topological polar surface area (TPSA) is 64.4 Å². The molecule has 0 atom stereocenters. The van der Waals surface area contributed by atoms with Crippen LogP contribution in [-0.4, -0.2) is 9.97 Å². The summed E-state index contributed by atoms with van der Waals surface area (Å²) in [6, 6.07) is 11.5. The number of thiophene rings is 1. The molecule has 3 aromatic heterocycles. The van der Waals surface area contributed by atoms with Gasteiger partial charge >= 0.3 is 0 Å². The van der Waals surface area contributed by atoms with Crippen LogP contribution in [-0.2, 0) is 6.42 Å². The van der Waals surface area contributed by atoms with E-state index in [9.17, 15) is 9.30 Å². The number of nitrogens with zero attached hydrogens (tertiary/aromatic N) is 3. The molecule has 7 heteroatoms. The van der Waals surface area contributed by atoms with Gasteiger partial charge < -0.3 is 4.74 Å². The molecule has 4 rings (SSSR count). The average molecular weight is 379 g/mol. The normalized spacial score (nSPS) is 10.9. The van der Waals surface area contributed by atoms with Crippen LogP contribution in [0.1, 0.15) is 12.6 Å². The second kappa shape index (κ2) is 7.20. The molecule has 0 amide bonds. The number of ether oxygens (including phenoxy) is 1. The molecular weight excluding hydrogens is 365 g/mol. The Morgan fingerprint density at radius 2 is 2.00 bits per heavy atom. The van der Waals surface area contributed by atoms with Crippen molar-refractivity contribution < 1.29 is 9.13 Å². The van der Waals surface area contributed by atoms with Crippen molar-refractivity contribution in [2.45, 2.75) is 13.3 Å². The van der Waals surface area contributed by atoms with Gasteiger partial charge in [0.15, 0.2) is 11.6 Å². The summed E-state index contributed by atoms with van der Waals surface area (Å²) >= 11 is 1.50.